The number of hydrogen-bond acceptors (Lipinski definition) is 4. The first kappa shape index (κ1) is 17.5. The molecule has 0 spiro atoms. The van der Waals surface area contributed by atoms with E-state index in [1.165, 1.54) is 10.5 Å². The molecule has 26 heavy (non-hydrogen) atoms. The van der Waals surface area contributed by atoms with Crippen LogP contribution in [-0.2, 0) is 0 Å². The number of nitrogens with zero attached hydrogens (tertiary/aromatic N) is 2. The van der Waals surface area contributed by atoms with Crippen molar-refractivity contribution in [3.63, 3.8) is 0 Å². The third kappa shape index (κ3) is 3.25. The number of fused-ring (bicyclic) bond motifs is 1. The highest BCUT2D eigenvalue weighted by Crippen LogP contribution is 2.42. The summed E-state index contributed by atoms with van der Waals surface area (Å²) in [6, 6.07) is 13.8. The quantitative estimate of drug-likeness (QED) is 0.596. The van der Waals surface area contributed by atoms with Gasteiger partial charge in [-0.05, 0) is 42.8 Å². The summed E-state index contributed by atoms with van der Waals surface area (Å²) in [6.45, 7) is 2.09. The number of methoxy groups -OCH3 is 1. The van der Waals surface area contributed by atoms with Gasteiger partial charge in [-0.3, -0.25) is 0 Å². The van der Waals surface area contributed by atoms with E-state index in [4.69, 9.17) is 32.9 Å². The Morgan fingerprint density at radius 1 is 1.08 bits per heavy atom. The van der Waals surface area contributed by atoms with E-state index in [2.05, 4.69) is 36.2 Å². The Kier molecular flexibility index (Phi) is 4.74. The summed E-state index contributed by atoms with van der Waals surface area (Å²) in [4.78, 5) is 8.24. The van der Waals surface area contributed by atoms with Gasteiger partial charge in [0.1, 0.15) is 5.75 Å². The minimum atomic E-state index is 0.0582. The maximum atomic E-state index is 6.21. The molecule has 0 saturated heterocycles. The summed E-state index contributed by atoms with van der Waals surface area (Å²) in [6.07, 6.45) is 4.29. The normalized spacial score (nSPS) is 18.8. The molecule has 0 aromatic heterocycles. The van der Waals surface area contributed by atoms with Crippen molar-refractivity contribution in [2.24, 2.45) is 4.99 Å². The lowest BCUT2D eigenvalue weighted by Crippen LogP contribution is -2.27. The third-order valence-electron chi connectivity index (χ3n) is 4.30. The highest BCUT2D eigenvalue weighted by atomic mass is 35.5. The van der Waals surface area contributed by atoms with Crippen LogP contribution >= 0.6 is 35.0 Å². The maximum absolute atomic E-state index is 6.21. The molecule has 2 heterocycles. The van der Waals surface area contributed by atoms with Gasteiger partial charge in [-0.25, -0.2) is 4.99 Å². The van der Waals surface area contributed by atoms with E-state index in [1.807, 2.05) is 24.3 Å². The third-order valence-corrected chi connectivity index (χ3v) is 5.95. The average molecular weight is 403 g/mol. The van der Waals surface area contributed by atoms with Gasteiger partial charge in [0.05, 0.1) is 28.9 Å². The lowest BCUT2D eigenvalue weighted by Gasteiger charge is -2.30. The van der Waals surface area contributed by atoms with Gasteiger partial charge < -0.3 is 9.64 Å². The van der Waals surface area contributed by atoms with Gasteiger partial charge in [-0.1, -0.05) is 53.2 Å². The standard InChI is InChI=1S/C20H16Cl2N2OS/c1-12-11-24-19(13-3-6-15(25-2)7-4-13)10-18(23-20(24)26-12)14-5-8-16(21)17(22)9-14/h3-11,19H,1-2H3. The van der Waals surface area contributed by atoms with Crippen molar-refractivity contribution in [1.82, 2.24) is 4.90 Å². The summed E-state index contributed by atoms with van der Waals surface area (Å²) in [5, 5.41) is 2.04. The summed E-state index contributed by atoms with van der Waals surface area (Å²) >= 11 is 13.9. The number of ether oxygens (including phenoxy) is 1. The summed E-state index contributed by atoms with van der Waals surface area (Å²) in [7, 11) is 1.67. The molecule has 4 rings (SSSR count). The molecular weight excluding hydrogens is 387 g/mol. The molecule has 0 bridgehead atoms. The zero-order chi connectivity index (χ0) is 18.3. The van der Waals surface area contributed by atoms with E-state index in [-0.39, 0.29) is 6.04 Å². The molecule has 1 unspecified atom stereocenters. The van der Waals surface area contributed by atoms with Crippen LogP contribution in [0.4, 0.5) is 0 Å². The highest BCUT2D eigenvalue weighted by Gasteiger charge is 2.30. The molecule has 0 saturated carbocycles. The van der Waals surface area contributed by atoms with Crippen molar-refractivity contribution in [3.05, 3.63) is 80.8 Å². The van der Waals surface area contributed by atoms with E-state index in [9.17, 15) is 0 Å². The molecule has 0 radical (unpaired) electrons. The van der Waals surface area contributed by atoms with Crippen molar-refractivity contribution in [2.45, 2.75) is 13.0 Å². The summed E-state index contributed by atoms with van der Waals surface area (Å²) in [5.41, 5.74) is 3.02. The molecule has 1 atom stereocenters. The van der Waals surface area contributed by atoms with Crippen LogP contribution in [0.1, 0.15) is 24.1 Å². The Morgan fingerprint density at radius 3 is 2.54 bits per heavy atom. The number of hydrogen-bond donors (Lipinski definition) is 0. The predicted molar refractivity (Wildman–Crippen MR) is 111 cm³/mol. The Morgan fingerprint density at radius 2 is 1.85 bits per heavy atom. The molecule has 0 fully saturated rings. The molecule has 0 amide bonds. The molecule has 3 nitrogen and oxygen atoms in total. The minimum absolute atomic E-state index is 0.0582. The Balaban J connectivity index is 1.78. The largest absolute Gasteiger partial charge is 0.497 e. The van der Waals surface area contributed by atoms with Crippen LogP contribution in [0.25, 0.3) is 5.70 Å². The summed E-state index contributed by atoms with van der Waals surface area (Å²) < 4.78 is 5.28. The van der Waals surface area contributed by atoms with Crippen LogP contribution in [0, 0.1) is 0 Å². The van der Waals surface area contributed by atoms with Crippen LogP contribution < -0.4 is 4.74 Å². The van der Waals surface area contributed by atoms with Crippen molar-refractivity contribution in [3.8, 4) is 5.75 Å². The topological polar surface area (TPSA) is 24.8 Å². The number of aliphatic imine (C=N–C) groups is 1. The fraction of sp³-hybridized carbons (Fsp3) is 0.150. The number of thioether (sulfide) groups is 1. The van der Waals surface area contributed by atoms with Crippen LogP contribution in [0.2, 0.25) is 10.0 Å². The predicted octanol–water partition coefficient (Wildman–Crippen LogP) is 6.36. The van der Waals surface area contributed by atoms with Crippen molar-refractivity contribution in [2.75, 3.05) is 7.11 Å². The molecule has 2 aromatic rings. The minimum Gasteiger partial charge on any atom is -0.497 e. The van der Waals surface area contributed by atoms with Gasteiger partial charge in [0, 0.05) is 16.7 Å². The Bertz CT molecular complexity index is 951. The molecule has 132 valence electrons. The highest BCUT2D eigenvalue weighted by molar-refractivity contribution is 8.17. The smallest absolute Gasteiger partial charge is 0.173 e. The summed E-state index contributed by atoms with van der Waals surface area (Å²) in [5.74, 6) is 0.842. The SMILES string of the molecule is COc1ccc(C2C=C(c3ccc(Cl)c(Cl)c3)N=C3SC(C)=CN32)cc1. The zero-order valence-electron chi connectivity index (χ0n) is 14.2. The Hall–Kier alpha value is -1.88. The number of amidine groups is 1. The van der Waals surface area contributed by atoms with Gasteiger partial charge in [0.15, 0.2) is 5.17 Å². The first-order chi connectivity index (χ1) is 12.5. The van der Waals surface area contributed by atoms with Crippen LogP contribution in [0.5, 0.6) is 5.75 Å². The maximum Gasteiger partial charge on any atom is 0.173 e. The zero-order valence-corrected chi connectivity index (χ0v) is 16.6. The number of benzene rings is 2. The second-order valence-corrected chi connectivity index (χ2v) is 8.07. The second-order valence-electron chi connectivity index (χ2n) is 6.04. The monoisotopic (exact) mass is 402 g/mol. The molecule has 0 N–H and O–H groups in total. The molecule has 2 aromatic carbocycles. The second kappa shape index (κ2) is 7.03. The van der Waals surface area contributed by atoms with E-state index in [0.717, 1.165) is 22.2 Å². The number of halogens is 2. The number of allylic oxidation sites excluding steroid dienone is 1. The van der Waals surface area contributed by atoms with Crippen molar-refractivity contribution >= 4 is 45.8 Å². The van der Waals surface area contributed by atoms with Gasteiger partial charge >= 0.3 is 0 Å². The van der Waals surface area contributed by atoms with Crippen molar-refractivity contribution in [1.29, 1.82) is 0 Å². The van der Waals surface area contributed by atoms with E-state index >= 15 is 0 Å². The van der Waals surface area contributed by atoms with Crippen LogP contribution in [-0.4, -0.2) is 17.2 Å². The number of rotatable bonds is 3. The molecule has 6 heteroatoms. The van der Waals surface area contributed by atoms with Gasteiger partial charge in [0.25, 0.3) is 0 Å². The van der Waals surface area contributed by atoms with E-state index in [1.54, 1.807) is 24.9 Å². The van der Waals surface area contributed by atoms with E-state index < -0.39 is 0 Å². The fourth-order valence-corrected chi connectivity index (χ4v) is 4.17. The lowest BCUT2D eigenvalue weighted by molar-refractivity contribution is 0.414. The Labute approximate surface area is 167 Å². The molecule has 2 aliphatic rings. The molecule has 2 aliphatic heterocycles. The van der Waals surface area contributed by atoms with Crippen molar-refractivity contribution < 1.29 is 4.74 Å². The first-order valence-corrected chi connectivity index (χ1v) is 9.67. The van der Waals surface area contributed by atoms with Crippen LogP contribution in [0.3, 0.4) is 0 Å². The average Bonchev–Trinajstić information content (AvgIpc) is 3.03. The molecule has 0 aliphatic carbocycles. The fourth-order valence-electron chi connectivity index (χ4n) is 3.00. The van der Waals surface area contributed by atoms with Gasteiger partial charge in [-0.2, -0.15) is 0 Å². The molecular formula is C20H16Cl2N2OS. The van der Waals surface area contributed by atoms with Gasteiger partial charge in [0.2, 0.25) is 0 Å². The first-order valence-electron chi connectivity index (χ1n) is 8.09. The van der Waals surface area contributed by atoms with E-state index in [0.29, 0.717) is 10.0 Å². The van der Waals surface area contributed by atoms with Crippen LogP contribution in [0.15, 0.2) is 64.6 Å². The lowest BCUT2D eigenvalue weighted by atomic mass is 10.0. The van der Waals surface area contributed by atoms with Gasteiger partial charge in [-0.15, -0.1) is 0 Å².